The molecule has 1 amide bonds. The third kappa shape index (κ3) is 3.57. The van der Waals surface area contributed by atoms with Crippen molar-refractivity contribution in [3.63, 3.8) is 0 Å². The summed E-state index contributed by atoms with van der Waals surface area (Å²) >= 11 is 0. The van der Waals surface area contributed by atoms with Gasteiger partial charge in [0, 0.05) is 23.5 Å². The van der Waals surface area contributed by atoms with Gasteiger partial charge in [-0.1, -0.05) is 16.8 Å². The van der Waals surface area contributed by atoms with Crippen molar-refractivity contribution in [2.24, 2.45) is 0 Å². The maximum absolute atomic E-state index is 12.4. The number of rotatable bonds is 5. The maximum Gasteiger partial charge on any atom is 0.251 e. The number of hydrogen-bond acceptors (Lipinski definition) is 5. The molecule has 0 spiro atoms. The molecular weight excluding hydrogens is 378 g/mol. The van der Waals surface area contributed by atoms with Crippen LogP contribution in [-0.2, 0) is 0 Å². The van der Waals surface area contributed by atoms with Gasteiger partial charge in [-0.3, -0.25) is 9.89 Å². The molecule has 3 N–H and O–H groups in total. The van der Waals surface area contributed by atoms with Gasteiger partial charge in [0.25, 0.3) is 5.91 Å². The fraction of sp³-hybridized carbons (Fsp3) is 0.273. The first-order valence-corrected chi connectivity index (χ1v) is 10.2. The lowest BCUT2D eigenvalue weighted by molar-refractivity contribution is 0.0950. The van der Waals surface area contributed by atoms with E-state index in [1.807, 2.05) is 30.5 Å². The molecule has 1 aliphatic heterocycles. The van der Waals surface area contributed by atoms with E-state index in [1.165, 1.54) is 6.42 Å². The van der Waals surface area contributed by atoms with Gasteiger partial charge in [-0.2, -0.15) is 5.10 Å². The van der Waals surface area contributed by atoms with Crippen molar-refractivity contribution in [3.8, 4) is 17.1 Å². The van der Waals surface area contributed by atoms with E-state index in [1.54, 1.807) is 16.8 Å². The Morgan fingerprint density at radius 1 is 1.23 bits per heavy atom. The molecule has 1 aliphatic rings. The molecular formula is C22H23N7O. The summed E-state index contributed by atoms with van der Waals surface area (Å²) in [4.78, 5) is 12.4. The van der Waals surface area contributed by atoms with Crippen LogP contribution in [0, 0.1) is 6.92 Å². The zero-order chi connectivity index (χ0) is 20.5. The number of nitrogens with zero attached hydrogens (tertiary/aromatic N) is 4. The Balaban J connectivity index is 1.32. The van der Waals surface area contributed by atoms with E-state index in [2.05, 4.69) is 44.1 Å². The Morgan fingerprint density at radius 2 is 2.10 bits per heavy atom. The predicted octanol–water partition coefficient (Wildman–Crippen LogP) is 2.60. The van der Waals surface area contributed by atoms with Crippen LogP contribution in [0.4, 0.5) is 0 Å². The number of fused-ring (bicyclic) bond motifs is 1. The van der Waals surface area contributed by atoms with E-state index < -0.39 is 0 Å². The Bertz CT molecular complexity index is 1190. The van der Waals surface area contributed by atoms with Crippen molar-refractivity contribution in [3.05, 3.63) is 59.8 Å². The van der Waals surface area contributed by atoms with Crippen molar-refractivity contribution in [2.75, 3.05) is 13.1 Å². The van der Waals surface area contributed by atoms with E-state index in [4.69, 9.17) is 0 Å². The topological polar surface area (TPSA) is 101 Å². The molecule has 0 unspecified atom stereocenters. The summed E-state index contributed by atoms with van der Waals surface area (Å²) in [5.74, 6) is -0.0621. The number of carbonyl (C=O) groups excluding carboxylic acids is 1. The summed E-state index contributed by atoms with van der Waals surface area (Å²) in [6.07, 6.45) is 4.13. The lowest BCUT2D eigenvalue weighted by Gasteiger charge is -2.11. The fourth-order valence-corrected chi connectivity index (χ4v) is 3.84. The standard InChI is InChI=1S/C22H23N7O/c1-14-4-9-19-18(11-14)21(27-25-19)20-13-29(28-26-20)17-7-5-15(6-8-17)22(30)24-12-16-3-2-10-23-16/h4-9,11,13,16,23H,2-3,10,12H2,1H3,(H,24,30)(H,25,27)/t16-/m1/s1. The van der Waals surface area contributed by atoms with E-state index in [-0.39, 0.29) is 5.91 Å². The summed E-state index contributed by atoms with van der Waals surface area (Å²) in [6.45, 7) is 3.74. The molecule has 3 heterocycles. The van der Waals surface area contributed by atoms with Gasteiger partial charge in [0.05, 0.1) is 17.4 Å². The van der Waals surface area contributed by atoms with Crippen LogP contribution >= 0.6 is 0 Å². The van der Waals surface area contributed by atoms with Crippen LogP contribution in [0.3, 0.4) is 0 Å². The predicted molar refractivity (Wildman–Crippen MR) is 115 cm³/mol. The first-order chi connectivity index (χ1) is 14.7. The Labute approximate surface area is 173 Å². The lowest BCUT2D eigenvalue weighted by atomic mass is 10.1. The zero-order valence-electron chi connectivity index (χ0n) is 16.7. The van der Waals surface area contributed by atoms with E-state index in [0.29, 0.717) is 23.8 Å². The van der Waals surface area contributed by atoms with Crippen LogP contribution in [0.1, 0.15) is 28.8 Å². The van der Waals surface area contributed by atoms with Crippen LogP contribution in [0.15, 0.2) is 48.7 Å². The van der Waals surface area contributed by atoms with E-state index >= 15 is 0 Å². The number of aromatic nitrogens is 5. The van der Waals surface area contributed by atoms with Gasteiger partial charge >= 0.3 is 0 Å². The third-order valence-corrected chi connectivity index (χ3v) is 5.52. The molecule has 8 nitrogen and oxygen atoms in total. The Hall–Kier alpha value is -3.52. The molecule has 8 heteroatoms. The van der Waals surface area contributed by atoms with Gasteiger partial charge in [0.15, 0.2) is 0 Å². The van der Waals surface area contributed by atoms with Crippen LogP contribution in [0.2, 0.25) is 0 Å². The number of carbonyl (C=O) groups is 1. The van der Waals surface area contributed by atoms with E-state index in [0.717, 1.165) is 40.8 Å². The van der Waals surface area contributed by atoms with Crippen LogP contribution in [-0.4, -0.2) is 50.2 Å². The van der Waals surface area contributed by atoms with Gasteiger partial charge in [-0.15, -0.1) is 5.10 Å². The smallest absolute Gasteiger partial charge is 0.251 e. The van der Waals surface area contributed by atoms with Crippen LogP contribution in [0.5, 0.6) is 0 Å². The minimum Gasteiger partial charge on any atom is -0.350 e. The van der Waals surface area contributed by atoms with Crippen molar-refractivity contribution in [1.82, 2.24) is 35.8 Å². The van der Waals surface area contributed by atoms with Crippen molar-refractivity contribution in [1.29, 1.82) is 0 Å². The summed E-state index contributed by atoms with van der Waals surface area (Å²) in [7, 11) is 0. The monoisotopic (exact) mass is 401 g/mol. The number of benzene rings is 2. The van der Waals surface area contributed by atoms with Gasteiger partial charge in [0.1, 0.15) is 11.4 Å². The molecule has 0 aliphatic carbocycles. The largest absolute Gasteiger partial charge is 0.350 e. The highest BCUT2D eigenvalue weighted by Crippen LogP contribution is 2.25. The molecule has 2 aromatic heterocycles. The number of aryl methyl sites for hydroxylation is 1. The molecule has 0 saturated carbocycles. The normalized spacial score (nSPS) is 16.2. The molecule has 152 valence electrons. The van der Waals surface area contributed by atoms with Gasteiger partial charge in [-0.05, 0) is 62.7 Å². The van der Waals surface area contributed by atoms with E-state index in [9.17, 15) is 4.79 Å². The van der Waals surface area contributed by atoms with Gasteiger partial charge < -0.3 is 10.6 Å². The molecule has 0 radical (unpaired) electrons. The van der Waals surface area contributed by atoms with Gasteiger partial charge in [0.2, 0.25) is 0 Å². The average molecular weight is 401 g/mol. The number of H-pyrrole nitrogens is 1. The van der Waals surface area contributed by atoms with Crippen molar-refractivity contribution in [2.45, 2.75) is 25.8 Å². The lowest BCUT2D eigenvalue weighted by Crippen LogP contribution is -2.37. The summed E-state index contributed by atoms with van der Waals surface area (Å²) in [6, 6.07) is 13.9. The summed E-state index contributed by atoms with van der Waals surface area (Å²) < 4.78 is 1.69. The summed E-state index contributed by atoms with van der Waals surface area (Å²) in [5, 5.41) is 23.4. The number of aromatic amines is 1. The van der Waals surface area contributed by atoms with Crippen molar-refractivity contribution >= 4 is 16.8 Å². The van der Waals surface area contributed by atoms with Crippen LogP contribution in [0.25, 0.3) is 28.0 Å². The second-order valence-electron chi connectivity index (χ2n) is 7.72. The number of amides is 1. The van der Waals surface area contributed by atoms with Crippen molar-refractivity contribution < 1.29 is 4.79 Å². The number of nitrogens with one attached hydrogen (secondary N) is 3. The number of hydrogen-bond donors (Lipinski definition) is 3. The Kier molecular flexibility index (Phi) is 4.76. The molecule has 0 bridgehead atoms. The van der Waals surface area contributed by atoms with Gasteiger partial charge in [-0.25, -0.2) is 4.68 Å². The minimum absolute atomic E-state index is 0.0621. The first-order valence-electron chi connectivity index (χ1n) is 10.2. The molecule has 4 aromatic rings. The second kappa shape index (κ2) is 7.72. The van der Waals surface area contributed by atoms with Crippen LogP contribution < -0.4 is 10.6 Å². The molecule has 1 saturated heterocycles. The molecule has 30 heavy (non-hydrogen) atoms. The Morgan fingerprint density at radius 3 is 2.90 bits per heavy atom. The third-order valence-electron chi connectivity index (χ3n) is 5.52. The second-order valence-corrected chi connectivity index (χ2v) is 7.72. The molecule has 2 aromatic carbocycles. The highest BCUT2D eigenvalue weighted by molar-refractivity contribution is 5.94. The summed E-state index contributed by atoms with van der Waals surface area (Å²) in [5.41, 5.74) is 5.06. The fourth-order valence-electron chi connectivity index (χ4n) is 3.84. The highest BCUT2D eigenvalue weighted by atomic mass is 16.1. The quantitative estimate of drug-likeness (QED) is 0.477. The zero-order valence-corrected chi connectivity index (χ0v) is 16.7. The molecule has 1 atom stereocenters. The first kappa shape index (κ1) is 18.5. The SMILES string of the molecule is Cc1ccc2[nH]nc(-c3cn(-c4ccc(C(=O)NC[C@H]5CCCN5)cc4)nn3)c2c1. The molecule has 1 fully saturated rings. The highest BCUT2D eigenvalue weighted by Gasteiger charge is 2.16. The minimum atomic E-state index is -0.0621. The maximum atomic E-state index is 12.4. The average Bonchev–Trinajstić information content (AvgIpc) is 3.52. The molecule has 5 rings (SSSR count).